The average molecular weight is 819 g/mol. The first-order valence-corrected chi connectivity index (χ1v) is 18.2. The highest BCUT2D eigenvalue weighted by Crippen LogP contribution is 2.37. The Morgan fingerprint density at radius 2 is 1.27 bits per heavy atom. The smallest absolute Gasteiger partial charge is 0.416 e. The molecule has 4 heterocycles. The van der Waals surface area contributed by atoms with E-state index in [2.05, 4.69) is 25.3 Å². The van der Waals surface area contributed by atoms with Crippen LogP contribution in [-0.2, 0) is 6.18 Å². The van der Waals surface area contributed by atoms with Crippen molar-refractivity contribution < 1.29 is 37.0 Å². The summed E-state index contributed by atoms with van der Waals surface area (Å²) in [7, 11) is 0. The summed E-state index contributed by atoms with van der Waals surface area (Å²) in [6.45, 7) is 5.77. The molecule has 0 radical (unpaired) electrons. The number of carbonyl (C=O) groups excluding carboxylic acids is 1. The second-order valence-corrected chi connectivity index (χ2v) is 13.4. The highest BCUT2D eigenvalue weighted by molar-refractivity contribution is 5.86. The van der Waals surface area contributed by atoms with Crippen LogP contribution >= 0.6 is 0 Å². The molecular weight excluding hydrogens is 780 g/mol. The van der Waals surface area contributed by atoms with E-state index >= 15 is 0 Å². The Labute approximate surface area is 342 Å². The van der Waals surface area contributed by atoms with E-state index in [1.165, 1.54) is 6.07 Å². The maximum Gasteiger partial charge on any atom is 0.416 e. The minimum Gasteiger partial charge on any atom is -0.506 e. The molecule has 0 bridgehead atoms. The number of aldehydes is 1. The highest BCUT2D eigenvalue weighted by Gasteiger charge is 2.31. The molecule has 0 aliphatic rings. The molecule has 0 spiro atoms. The fourth-order valence-corrected chi connectivity index (χ4v) is 5.64. The van der Waals surface area contributed by atoms with Crippen LogP contribution in [-0.4, -0.2) is 36.4 Å². The van der Waals surface area contributed by atoms with Crippen molar-refractivity contribution in [1.29, 1.82) is 0 Å². The molecule has 4 aromatic heterocycles. The predicted octanol–water partition coefficient (Wildman–Crippen LogP) is 10.9. The predicted molar refractivity (Wildman–Crippen MR) is 223 cm³/mol. The van der Waals surface area contributed by atoms with Gasteiger partial charge in [-0.2, -0.15) is 13.2 Å². The number of pyridine rings is 4. The summed E-state index contributed by atoms with van der Waals surface area (Å²) in [5.74, 6) is -0.0626. The quantitative estimate of drug-likeness (QED) is 0.0984. The third-order valence-corrected chi connectivity index (χ3v) is 8.76. The Morgan fingerprint density at radius 3 is 1.83 bits per heavy atom. The van der Waals surface area contributed by atoms with Gasteiger partial charge in [-0.25, -0.2) is 18.7 Å². The van der Waals surface area contributed by atoms with Gasteiger partial charge >= 0.3 is 6.18 Å². The zero-order valence-corrected chi connectivity index (χ0v) is 32.5. The van der Waals surface area contributed by atoms with Crippen molar-refractivity contribution in [1.82, 2.24) is 19.9 Å². The fourth-order valence-electron chi connectivity index (χ4n) is 5.64. The number of phenols is 2. The van der Waals surface area contributed by atoms with E-state index in [0.717, 1.165) is 33.5 Å². The number of anilines is 2. The standard InChI is InChI=1S/C23H20FN3O.C9H7NO.C8H4F4O.C6H8N2/c1-14-5-8-17(19(24)12-14)22(27-20-10-6-15(2)13-26-20)18-9-7-16-4-3-11-25-21(16)23(18)28;11-8-5-1-3-7-4-2-6-10-9(7)8;9-7-3-6(8(10,11)12)2-1-5(7)4-13;1-5-2-3-6(7)8-4-5/h3-13,22,28H,1-2H3,(H,26,27);1-6,11H;1-4H;2-4H,1H3,(H2,7,8). The van der Waals surface area contributed by atoms with E-state index in [-0.39, 0.29) is 29.2 Å². The molecule has 306 valence electrons. The molecule has 5 N–H and O–H groups in total. The molecule has 0 saturated carbocycles. The van der Waals surface area contributed by atoms with E-state index in [1.807, 2.05) is 81.4 Å². The van der Waals surface area contributed by atoms with Crippen molar-refractivity contribution in [2.75, 3.05) is 11.1 Å². The van der Waals surface area contributed by atoms with Gasteiger partial charge in [0.2, 0.25) is 0 Å². The number of nitrogen functional groups attached to an aromatic ring is 1. The summed E-state index contributed by atoms with van der Waals surface area (Å²) < 4.78 is 63.3. The molecule has 9 nitrogen and oxygen atoms in total. The average Bonchev–Trinajstić information content (AvgIpc) is 3.23. The third-order valence-electron chi connectivity index (χ3n) is 8.76. The van der Waals surface area contributed by atoms with Crippen LogP contribution in [0, 0.1) is 32.4 Å². The third kappa shape index (κ3) is 11.6. The number of aryl methyl sites for hydroxylation is 3. The van der Waals surface area contributed by atoms with Crippen molar-refractivity contribution in [3.05, 3.63) is 191 Å². The molecule has 60 heavy (non-hydrogen) atoms. The number of carbonyl (C=O) groups is 1. The lowest BCUT2D eigenvalue weighted by Crippen LogP contribution is -2.15. The van der Waals surface area contributed by atoms with Crippen LogP contribution < -0.4 is 11.1 Å². The number of hydrogen-bond donors (Lipinski definition) is 4. The van der Waals surface area contributed by atoms with E-state index in [9.17, 15) is 37.0 Å². The first kappa shape index (κ1) is 43.6. The first-order valence-electron chi connectivity index (χ1n) is 18.2. The highest BCUT2D eigenvalue weighted by atomic mass is 19.4. The number of para-hydroxylation sites is 1. The van der Waals surface area contributed by atoms with Gasteiger partial charge in [-0.15, -0.1) is 0 Å². The lowest BCUT2D eigenvalue weighted by atomic mass is 9.95. The molecule has 8 aromatic rings. The SMILES string of the molecule is Cc1ccc(N)nc1.Cc1ccc(NC(c2ccc(C)cc2F)c2ccc3cccnc3c2O)nc1.O=Cc1ccc(C(F)(F)F)cc1F.Oc1cccc2cccnc12. The van der Waals surface area contributed by atoms with Crippen LogP contribution in [0.15, 0.2) is 140 Å². The zero-order valence-electron chi connectivity index (χ0n) is 32.5. The summed E-state index contributed by atoms with van der Waals surface area (Å²) in [5, 5.41) is 25.3. The molecule has 8 rings (SSSR count). The van der Waals surface area contributed by atoms with Gasteiger partial charge < -0.3 is 21.3 Å². The van der Waals surface area contributed by atoms with Crippen LogP contribution in [0.5, 0.6) is 11.5 Å². The second-order valence-electron chi connectivity index (χ2n) is 13.4. The lowest BCUT2D eigenvalue weighted by Gasteiger charge is -2.22. The van der Waals surface area contributed by atoms with Crippen molar-refractivity contribution >= 4 is 39.7 Å². The lowest BCUT2D eigenvalue weighted by molar-refractivity contribution is -0.137. The Morgan fingerprint density at radius 1 is 0.650 bits per heavy atom. The van der Waals surface area contributed by atoms with Gasteiger partial charge in [0.05, 0.1) is 17.2 Å². The molecule has 0 saturated heterocycles. The fraction of sp³-hybridized carbons (Fsp3) is 0.109. The Balaban J connectivity index is 0.000000175. The van der Waals surface area contributed by atoms with Gasteiger partial charge in [0, 0.05) is 46.7 Å². The number of halogens is 5. The summed E-state index contributed by atoms with van der Waals surface area (Å²) in [4.78, 5) is 26.6. The van der Waals surface area contributed by atoms with Gasteiger partial charge in [-0.05, 0) is 92.1 Å². The number of phenolic OH excluding ortho intramolecular Hbond substituents is 2. The Kier molecular flexibility index (Phi) is 14.4. The van der Waals surface area contributed by atoms with Gasteiger partial charge in [0.25, 0.3) is 0 Å². The molecule has 1 unspecified atom stereocenters. The number of nitrogens with one attached hydrogen (secondary N) is 1. The van der Waals surface area contributed by atoms with Crippen LogP contribution in [0.25, 0.3) is 21.8 Å². The van der Waals surface area contributed by atoms with E-state index < -0.39 is 23.6 Å². The summed E-state index contributed by atoms with van der Waals surface area (Å²) in [6, 6.07) is 30.2. The van der Waals surface area contributed by atoms with Crippen LogP contribution in [0.4, 0.5) is 33.6 Å². The molecule has 14 heteroatoms. The largest absolute Gasteiger partial charge is 0.506 e. The van der Waals surface area contributed by atoms with Gasteiger partial charge in [0.1, 0.15) is 45.8 Å². The van der Waals surface area contributed by atoms with Gasteiger partial charge in [0.15, 0.2) is 6.29 Å². The Bertz CT molecular complexity index is 2670. The molecule has 0 amide bonds. The molecular formula is C46H39F5N6O3. The molecule has 0 aliphatic heterocycles. The number of nitrogens with zero attached hydrogens (tertiary/aromatic N) is 4. The Hall–Kier alpha value is -7.48. The maximum atomic E-state index is 14.8. The summed E-state index contributed by atoms with van der Waals surface area (Å²) >= 11 is 0. The van der Waals surface area contributed by atoms with Gasteiger partial charge in [-0.1, -0.05) is 60.7 Å². The monoisotopic (exact) mass is 818 g/mol. The van der Waals surface area contributed by atoms with Crippen LogP contribution in [0.3, 0.4) is 0 Å². The summed E-state index contributed by atoms with van der Waals surface area (Å²) in [6.07, 6.45) is 2.37. The van der Waals surface area contributed by atoms with Gasteiger partial charge in [-0.3, -0.25) is 14.8 Å². The first-order chi connectivity index (χ1) is 28.6. The normalized spacial score (nSPS) is 11.2. The molecule has 0 aliphatic carbocycles. The van der Waals surface area contributed by atoms with E-state index in [0.29, 0.717) is 45.9 Å². The molecule has 4 aromatic carbocycles. The second kappa shape index (κ2) is 19.8. The number of aromatic nitrogens is 4. The van der Waals surface area contributed by atoms with Crippen LogP contribution in [0.1, 0.15) is 49.8 Å². The van der Waals surface area contributed by atoms with Crippen molar-refractivity contribution in [3.8, 4) is 11.5 Å². The number of nitrogens with two attached hydrogens (primary N) is 1. The van der Waals surface area contributed by atoms with Crippen molar-refractivity contribution in [3.63, 3.8) is 0 Å². The number of alkyl halides is 3. The number of fused-ring (bicyclic) bond motifs is 2. The molecule has 1 atom stereocenters. The van der Waals surface area contributed by atoms with Crippen LogP contribution in [0.2, 0.25) is 0 Å². The summed E-state index contributed by atoms with van der Waals surface area (Å²) in [5.41, 5.74) is 8.94. The number of rotatable bonds is 5. The minimum absolute atomic E-state index is 0.0303. The maximum absolute atomic E-state index is 14.8. The topological polar surface area (TPSA) is 147 Å². The number of benzene rings is 4. The number of hydrogen-bond acceptors (Lipinski definition) is 9. The van der Waals surface area contributed by atoms with E-state index in [1.54, 1.807) is 55.1 Å². The number of aromatic hydroxyl groups is 2. The molecule has 0 fully saturated rings. The van der Waals surface area contributed by atoms with Crippen molar-refractivity contribution in [2.24, 2.45) is 0 Å². The van der Waals surface area contributed by atoms with Crippen molar-refractivity contribution in [2.45, 2.75) is 33.0 Å². The zero-order chi connectivity index (χ0) is 43.4. The minimum atomic E-state index is -4.58. The van der Waals surface area contributed by atoms with E-state index in [4.69, 9.17) is 5.73 Å².